The van der Waals surface area contributed by atoms with Crippen molar-refractivity contribution in [3.05, 3.63) is 35.4 Å². The monoisotopic (exact) mass is 287 g/mol. The average molecular weight is 287 g/mol. The molecule has 112 valence electrons. The van der Waals surface area contributed by atoms with Crippen LogP contribution < -0.4 is 5.32 Å². The zero-order valence-corrected chi connectivity index (χ0v) is 12.8. The van der Waals surface area contributed by atoms with E-state index in [4.69, 9.17) is 0 Å². The first-order valence-corrected chi connectivity index (χ1v) is 6.87. The largest absolute Gasteiger partial charge is 0.507 e. The SMILES string of the molecule is Cc1cc(C)c(-c2ccc(NCC(C)(C)O)nn2)c(O)c1. The first-order chi connectivity index (χ1) is 9.76. The molecular formula is C16H21N3O2. The highest BCUT2D eigenvalue weighted by Gasteiger charge is 2.13. The molecule has 0 saturated heterocycles. The molecule has 0 radical (unpaired) electrons. The van der Waals surface area contributed by atoms with Crippen molar-refractivity contribution in [1.29, 1.82) is 0 Å². The van der Waals surface area contributed by atoms with Gasteiger partial charge in [-0.15, -0.1) is 10.2 Å². The highest BCUT2D eigenvalue weighted by Crippen LogP contribution is 2.32. The molecule has 5 heteroatoms. The number of nitrogens with zero attached hydrogens (tertiary/aromatic N) is 2. The first-order valence-electron chi connectivity index (χ1n) is 6.87. The molecule has 0 aliphatic rings. The lowest BCUT2D eigenvalue weighted by atomic mass is 10.0. The number of aryl methyl sites for hydroxylation is 2. The van der Waals surface area contributed by atoms with Crippen LogP contribution in [0.25, 0.3) is 11.3 Å². The van der Waals surface area contributed by atoms with Gasteiger partial charge in [0.2, 0.25) is 0 Å². The van der Waals surface area contributed by atoms with Gasteiger partial charge in [-0.1, -0.05) is 6.07 Å². The number of anilines is 1. The summed E-state index contributed by atoms with van der Waals surface area (Å²) in [5.41, 5.74) is 2.47. The standard InChI is InChI=1S/C16H21N3O2/c1-10-7-11(2)15(13(20)8-10)12-5-6-14(19-18-12)17-9-16(3,4)21/h5-8,20-21H,9H2,1-4H3,(H,17,19). The van der Waals surface area contributed by atoms with E-state index < -0.39 is 5.60 Å². The number of hydrogen-bond acceptors (Lipinski definition) is 5. The summed E-state index contributed by atoms with van der Waals surface area (Å²) in [5, 5.41) is 31.0. The lowest BCUT2D eigenvalue weighted by molar-refractivity contribution is 0.0944. The number of nitrogens with one attached hydrogen (secondary N) is 1. The average Bonchev–Trinajstić information content (AvgIpc) is 2.35. The number of aromatic nitrogens is 2. The first kappa shape index (κ1) is 15.3. The number of aromatic hydroxyl groups is 1. The molecule has 0 bridgehead atoms. The van der Waals surface area contributed by atoms with E-state index >= 15 is 0 Å². The van der Waals surface area contributed by atoms with Crippen LogP contribution in [-0.4, -0.2) is 32.6 Å². The molecule has 21 heavy (non-hydrogen) atoms. The third-order valence-corrected chi connectivity index (χ3v) is 3.08. The smallest absolute Gasteiger partial charge is 0.148 e. The number of phenolic OH excluding ortho intramolecular Hbond substituents is 1. The van der Waals surface area contributed by atoms with Crippen LogP contribution in [0, 0.1) is 13.8 Å². The van der Waals surface area contributed by atoms with E-state index in [1.807, 2.05) is 19.9 Å². The minimum absolute atomic E-state index is 0.207. The second-order valence-corrected chi connectivity index (χ2v) is 5.95. The van der Waals surface area contributed by atoms with E-state index in [0.717, 1.165) is 11.1 Å². The Bertz CT molecular complexity index is 608. The molecule has 0 unspecified atom stereocenters. The lowest BCUT2D eigenvalue weighted by Gasteiger charge is -2.17. The zero-order valence-electron chi connectivity index (χ0n) is 12.8. The predicted octanol–water partition coefficient (Wildman–Crippen LogP) is 2.65. The minimum Gasteiger partial charge on any atom is -0.507 e. The van der Waals surface area contributed by atoms with Gasteiger partial charge in [0.25, 0.3) is 0 Å². The van der Waals surface area contributed by atoms with E-state index in [1.54, 1.807) is 32.0 Å². The maximum atomic E-state index is 10.1. The molecule has 1 aromatic carbocycles. The molecule has 0 spiro atoms. The minimum atomic E-state index is -0.813. The van der Waals surface area contributed by atoms with Crippen LogP contribution in [-0.2, 0) is 0 Å². The second-order valence-electron chi connectivity index (χ2n) is 5.95. The molecule has 0 saturated carbocycles. The van der Waals surface area contributed by atoms with E-state index in [0.29, 0.717) is 23.6 Å². The zero-order chi connectivity index (χ0) is 15.6. The van der Waals surface area contributed by atoms with Crippen molar-refractivity contribution in [3.8, 4) is 17.0 Å². The molecule has 3 N–H and O–H groups in total. The van der Waals surface area contributed by atoms with Crippen molar-refractivity contribution in [2.75, 3.05) is 11.9 Å². The Hall–Kier alpha value is -2.14. The Labute approximate surface area is 124 Å². The van der Waals surface area contributed by atoms with Crippen LogP contribution in [0.5, 0.6) is 5.75 Å². The van der Waals surface area contributed by atoms with Crippen molar-refractivity contribution in [1.82, 2.24) is 10.2 Å². The fourth-order valence-corrected chi connectivity index (χ4v) is 2.15. The molecule has 1 aromatic heterocycles. The Morgan fingerprint density at radius 2 is 1.86 bits per heavy atom. The second kappa shape index (κ2) is 5.69. The summed E-state index contributed by atoms with van der Waals surface area (Å²) < 4.78 is 0. The topological polar surface area (TPSA) is 78.3 Å². The van der Waals surface area contributed by atoms with E-state index in [1.165, 1.54) is 0 Å². The van der Waals surface area contributed by atoms with Crippen LogP contribution in [0.15, 0.2) is 24.3 Å². The molecule has 2 aromatic rings. The van der Waals surface area contributed by atoms with E-state index in [9.17, 15) is 10.2 Å². The summed E-state index contributed by atoms with van der Waals surface area (Å²) in [6.45, 7) is 7.69. The van der Waals surface area contributed by atoms with Crippen molar-refractivity contribution in [3.63, 3.8) is 0 Å². The van der Waals surface area contributed by atoms with Gasteiger partial charge in [0.15, 0.2) is 0 Å². The molecule has 0 amide bonds. The summed E-state index contributed by atoms with van der Waals surface area (Å²) in [6.07, 6.45) is 0. The molecule has 2 rings (SSSR count). The normalized spacial score (nSPS) is 11.5. The van der Waals surface area contributed by atoms with Gasteiger partial charge in [-0.3, -0.25) is 0 Å². The summed E-state index contributed by atoms with van der Waals surface area (Å²) in [5.74, 6) is 0.795. The van der Waals surface area contributed by atoms with Gasteiger partial charge in [-0.25, -0.2) is 0 Å². The van der Waals surface area contributed by atoms with Crippen LogP contribution in [0.1, 0.15) is 25.0 Å². The summed E-state index contributed by atoms with van der Waals surface area (Å²) in [7, 11) is 0. The van der Waals surface area contributed by atoms with Crippen LogP contribution >= 0.6 is 0 Å². The Morgan fingerprint density at radius 3 is 2.38 bits per heavy atom. The van der Waals surface area contributed by atoms with Crippen molar-refractivity contribution in [2.24, 2.45) is 0 Å². The number of aliphatic hydroxyl groups is 1. The van der Waals surface area contributed by atoms with E-state index in [-0.39, 0.29) is 5.75 Å². The van der Waals surface area contributed by atoms with Crippen molar-refractivity contribution >= 4 is 5.82 Å². The van der Waals surface area contributed by atoms with Crippen LogP contribution in [0.4, 0.5) is 5.82 Å². The maximum absolute atomic E-state index is 10.1. The molecule has 1 heterocycles. The van der Waals surface area contributed by atoms with Gasteiger partial charge >= 0.3 is 0 Å². The summed E-state index contributed by atoms with van der Waals surface area (Å²) in [4.78, 5) is 0. The number of hydrogen-bond donors (Lipinski definition) is 3. The fraction of sp³-hybridized carbons (Fsp3) is 0.375. The van der Waals surface area contributed by atoms with Gasteiger partial charge in [0.05, 0.1) is 11.3 Å². The summed E-state index contributed by atoms with van der Waals surface area (Å²) >= 11 is 0. The predicted molar refractivity (Wildman–Crippen MR) is 83.4 cm³/mol. The quantitative estimate of drug-likeness (QED) is 0.805. The number of phenols is 1. The Balaban J connectivity index is 2.24. The van der Waals surface area contributed by atoms with Crippen LogP contribution in [0.3, 0.4) is 0 Å². The molecule has 0 aliphatic heterocycles. The van der Waals surface area contributed by atoms with Crippen molar-refractivity contribution < 1.29 is 10.2 Å². The lowest BCUT2D eigenvalue weighted by Crippen LogP contribution is -2.29. The third-order valence-electron chi connectivity index (χ3n) is 3.08. The van der Waals surface area contributed by atoms with Gasteiger partial charge in [-0.2, -0.15) is 0 Å². The number of rotatable bonds is 4. The molecule has 0 atom stereocenters. The van der Waals surface area contributed by atoms with Crippen LogP contribution in [0.2, 0.25) is 0 Å². The highest BCUT2D eigenvalue weighted by atomic mass is 16.3. The van der Waals surface area contributed by atoms with Gasteiger partial charge < -0.3 is 15.5 Å². The molecule has 5 nitrogen and oxygen atoms in total. The summed E-state index contributed by atoms with van der Waals surface area (Å²) in [6, 6.07) is 7.30. The highest BCUT2D eigenvalue weighted by molar-refractivity contribution is 5.71. The number of benzene rings is 1. The molecule has 0 fully saturated rings. The fourth-order valence-electron chi connectivity index (χ4n) is 2.15. The Kier molecular flexibility index (Phi) is 4.14. The van der Waals surface area contributed by atoms with Gasteiger partial charge in [0, 0.05) is 12.1 Å². The van der Waals surface area contributed by atoms with Gasteiger partial charge in [-0.05, 0) is 57.0 Å². The third kappa shape index (κ3) is 3.92. The van der Waals surface area contributed by atoms with E-state index in [2.05, 4.69) is 15.5 Å². The van der Waals surface area contributed by atoms with Crippen molar-refractivity contribution in [2.45, 2.75) is 33.3 Å². The van der Waals surface area contributed by atoms with Gasteiger partial charge in [0.1, 0.15) is 11.6 Å². The maximum Gasteiger partial charge on any atom is 0.148 e. The molecular weight excluding hydrogens is 266 g/mol. The molecule has 0 aliphatic carbocycles. The Morgan fingerprint density at radius 1 is 1.14 bits per heavy atom.